The fourth-order valence-corrected chi connectivity index (χ4v) is 3.49. The highest BCUT2D eigenvalue weighted by Gasteiger charge is 2.02. The van der Waals surface area contributed by atoms with Crippen LogP contribution in [0.3, 0.4) is 0 Å². The number of imidazole rings is 1. The zero-order valence-electron chi connectivity index (χ0n) is 7.61. The van der Waals surface area contributed by atoms with Crippen molar-refractivity contribution < 1.29 is 0 Å². The van der Waals surface area contributed by atoms with Crippen LogP contribution in [0.15, 0.2) is 33.5 Å². The molecule has 0 unspecified atom stereocenters. The van der Waals surface area contributed by atoms with E-state index in [1.165, 1.54) is 4.88 Å². The van der Waals surface area contributed by atoms with Crippen molar-refractivity contribution in [2.24, 2.45) is 7.05 Å². The van der Waals surface area contributed by atoms with Crippen LogP contribution in [0.4, 0.5) is 0 Å². The highest BCUT2D eigenvalue weighted by atomic mass is 79.9. The second-order valence-electron chi connectivity index (χ2n) is 2.84. The third kappa shape index (κ3) is 2.40. The fraction of sp³-hybridized carbons (Fsp3) is 0.222. The number of thiophene rings is 1. The number of hydrogen-bond donors (Lipinski definition) is 0. The van der Waals surface area contributed by atoms with E-state index in [0.29, 0.717) is 0 Å². The van der Waals surface area contributed by atoms with Gasteiger partial charge in [-0.15, -0.1) is 11.3 Å². The number of hydrogen-bond acceptors (Lipinski definition) is 3. The van der Waals surface area contributed by atoms with Crippen molar-refractivity contribution in [3.63, 3.8) is 0 Å². The number of rotatable bonds is 3. The predicted molar refractivity (Wildman–Crippen MR) is 64.8 cm³/mol. The highest BCUT2D eigenvalue weighted by molar-refractivity contribution is 9.10. The van der Waals surface area contributed by atoms with Crippen LogP contribution < -0.4 is 0 Å². The Balaban J connectivity index is 1.98. The molecular formula is C9H9BrN2S2. The van der Waals surface area contributed by atoms with Crippen molar-refractivity contribution in [1.82, 2.24) is 9.55 Å². The van der Waals surface area contributed by atoms with Gasteiger partial charge in [-0.2, -0.15) is 0 Å². The van der Waals surface area contributed by atoms with Crippen LogP contribution in [-0.4, -0.2) is 9.55 Å². The molecule has 0 atom stereocenters. The third-order valence-corrected chi connectivity index (χ3v) is 4.73. The Hall–Kier alpha value is -0.260. The van der Waals surface area contributed by atoms with Crippen LogP contribution in [0.5, 0.6) is 0 Å². The lowest BCUT2D eigenvalue weighted by atomic mass is 10.5. The molecule has 2 heterocycles. The molecular weight excluding hydrogens is 280 g/mol. The monoisotopic (exact) mass is 288 g/mol. The summed E-state index contributed by atoms with van der Waals surface area (Å²) in [6, 6.07) is 2.15. The first-order valence-corrected chi connectivity index (χ1v) is 6.74. The molecule has 0 saturated heterocycles. The summed E-state index contributed by atoms with van der Waals surface area (Å²) >= 11 is 6.98. The van der Waals surface area contributed by atoms with E-state index in [1.807, 2.05) is 24.0 Å². The molecule has 0 bridgehead atoms. The van der Waals surface area contributed by atoms with E-state index in [1.54, 1.807) is 23.1 Å². The first-order valence-electron chi connectivity index (χ1n) is 4.09. The summed E-state index contributed by atoms with van der Waals surface area (Å²) in [5, 5.41) is 3.17. The van der Waals surface area contributed by atoms with E-state index in [0.717, 1.165) is 15.4 Å². The molecule has 2 aromatic rings. The van der Waals surface area contributed by atoms with Crippen LogP contribution in [0.2, 0.25) is 0 Å². The molecule has 0 aliphatic rings. The Bertz CT molecular complexity index is 422. The van der Waals surface area contributed by atoms with Gasteiger partial charge in [0, 0.05) is 39.9 Å². The van der Waals surface area contributed by atoms with Crippen LogP contribution in [-0.2, 0) is 12.8 Å². The topological polar surface area (TPSA) is 17.8 Å². The average Bonchev–Trinajstić information content (AvgIpc) is 2.72. The van der Waals surface area contributed by atoms with E-state index >= 15 is 0 Å². The van der Waals surface area contributed by atoms with Gasteiger partial charge in [-0.25, -0.2) is 4.98 Å². The van der Waals surface area contributed by atoms with Gasteiger partial charge in [0.1, 0.15) is 0 Å². The molecule has 0 aliphatic carbocycles. The van der Waals surface area contributed by atoms with E-state index in [-0.39, 0.29) is 0 Å². The van der Waals surface area contributed by atoms with Crippen molar-refractivity contribution in [3.8, 4) is 0 Å². The highest BCUT2D eigenvalue weighted by Crippen LogP contribution is 2.26. The zero-order valence-corrected chi connectivity index (χ0v) is 10.8. The van der Waals surface area contributed by atoms with Crippen molar-refractivity contribution in [3.05, 3.63) is 33.2 Å². The maximum absolute atomic E-state index is 4.26. The summed E-state index contributed by atoms with van der Waals surface area (Å²) < 4.78 is 3.20. The molecule has 2 aromatic heterocycles. The minimum absolute atomic E-state index is 0.987. The van der Waals surface area contributed by atoms with Gasteiger partial charge in [-0.1, -0.05) is 11.8 Å². The SMILES string of the molecule is Cn1ccnc1SCc1cc(Br)cs1. The lowest BCUT2D eigenvalue weighted by Gasteiger charge is -1.98. The van der Waals surface area contributed by atoms with Crippen LogP contribution in [0.25, 0.3) is 0 Å². The molecule has 5 heteroatoms. The molecule has 74 valence electrons. The van der Waals surface area contributed by atoms with E-state index in [4.69, 9.17) is 0 Å². The first-order chi connectivity index (χ1) is 6.75. The van der Waals surface area contributed by atoms with Gasteiger partial charge < -0.3 is 4.57 Å². The quantitative estimate of drug-likeness (QED) is 0.804. The summed E-state index contributed by atoms with van der Waals surface area (Å²) in [6.07, 6.45) is 3.79. The van der Waals surface area contributed by atoms with Gasteiger partial charge in [0.15, 0.2) is 5.16 Å². The first kappa shape index (κ1) is 10.3. The largest absolute Gasteiger partial charge is 0.329 e. The average molecular weight is 289 g/mol. The Morgan fingerprint density at radius 3 is 3.07 bits per heavy atom. The molecule has 0 N–H and O–H groups in total. The van der Waals surface area contributed by atoms with Gasteiger partial charge in [0.2, 0.25) is 0 Å². The molecule has 0 amide bonds. The predicted octanol–water partition coefficient (Wildman–Crippen LogP) is 3.54. The van der Waals surface area contributed by atoms with Gasteiger partial charge in [-0.05, 0) is 22.0 Å². The number of aryl methyl sites for hydroxylation is 1. The van der Waals surface area contributed by atoms with E-state index in [2.05, 4.69) is 32.4 Å². The van der Waals surface area contributed by atoms with Gasteiger partial charge in [0.25, 0.3) is 0 Å². The zero-order chi connectivity index (χ0) is 9.97. The molecule has 2 nitrogen and oxygen atoms in total. The Labute approximate surface area is 99.5 Å². The summed E-state index contributed by atoms with van der Waals surface area (Å²) in [6.45, 7) is 0. The molecule has 14 heavy (non-hydrogen) atoms. The van der Waals surface area contributed by atoms with Crippen LogP contribution in [0.1, 0.15) is 4.88 Å². The van der Waals surface area contributed by atoms with Crippen LogP contribution >= 0.6 is 39.0 Å². The maximum Gasteiger partial charge on any atom is 0.168 e. The van der Waals surface area contributed by atoms with Crippen molar-refractivity contribution in [2.45, 2.75) is 10.9 Å². The minimum Gasteiger partial charge on any atom is -0.329 e. The third-order valence-electron chi connectivity index (χ3n) is 1.74. The summed E-state index contributed by atoms with van der Waals surface area (Å²) in [4.78, 5) is 5.62. The Kier molecular flexibility index (Phi) is 3.30. The maximum atomic E-state index is 4.26. The molecule has 2 rings (SSSR count). The van der Waals surface area contributed by atoms with Gasteiger partial charge >= 0.3 is 0 Å². The fourth-order valence-electron chi connectivity index (χ4n) is 1.06. The summed E-state index contributed by atoms with van der Waals surface area (Å²) in [7, 11) is 2.01. The lowest BCUT2D eigenvalue weighted by Crippen LogP contribution is -1.88. The van der Waals surface area contributed by atoms with Gasteiger partial charge in [0.05, 0.1) is 0 Å². The molecule has 0 spiro atoms. The second kappa shape index (κ2) is 4.51. The lowest BCUT2D eigenvalue weighted by molar-refractivity contribution is 0.790. The van der Waals surface area contributed by atoms with Crippen molar-refractivity contribution >= 4 is 39.0 Å². The number of thioether (sulfide) groups is 1. The molecule has 0 aliphatic heterocycles. The Morgan fingerprint density at radius 1 is 1.64 bits per heavy atom. The van der Waals surface area contributed by atoms with E-state index < -0.39 is 0 Å². The summed E-state index contributed by atoms with van der Waals surface area (Å²) in [5.41, 5.74) is 0. The molecule has 0 aromatic carbocycles. The van der Waals surface area contributed by atoms with Crippen LogP contribution in [0, 0.1) is 0 Å². The van der Waals surface area contributed by atoms with E-state index in [9.17, 15) is 0 Å². The Morgan fingerprint density at radius 2 is 2.50 bits per heavy atom. The number of nitrogens with zero attached hydrogens (tertiary/aromatic N) is 2. The number of halogens is 1. The minimum atomic E-state index is 0.987. The normalized spacial score (nSPS) is 10.7. The summed E-state index contributed by atoms with van der Waals surface area (Å²) in [5.74, 6) is 0.987. The van der Waals surface area contributed by atoms with Crippen molar-refractivity contribution in [1.29, 1.82) is 0 Å². The standard InChI is InChI=1S/C9H9BrN2S2/c1-12-3-2-11-9(12)14-6-8-4-7(10)5-13-8/h2-5H,6H2,1H3. The molecule has 0 saturated carbocycles. The smallest absolute Gasteiger partial charge is 0.168 e. The molecule has 0 fully saturated rings. The molecule has 0 radical (unpaired) electrons. The number of aromatic nitrogens is 2. The van der Waals surface area contributed by atoms with Crippen molar-refractivity contribution in [2.75, 3.05) is 0 Å². The second-order valence-corrected chi connectivity index (χ2v) is 5.69. The van der Waals surface area contributed by atoms with Gasteiger partial charge in [-0.3, -0.25) is 0 Å².